The Bertz CT molecular complexity index is 756. The molecule has 3 rings (SSSR count). The van der Waals surface area contributed by atoms with Gasteiger partial charge in [0.25, 0.3) is 5.91 Å². The Morgan fingerprint density at radius 3 is 2.80 bits per heavy atom. The van der Waals surface area contributed by atoms with Crippen LogP contribution in [0, 0.1) is 6.92 Å². The van der Waals surface area contributed by atoms with Crippen LogP contribution in [-0.4, -0.2) is 69.9 Å². The summed E-state index contributed by atoms with van der Waals surface area (Å²) >= 11 is 0. The van der Waals surface area contributed by atoms with Crippen molar-refractivity contribution in [3.63, 3.8) is 0 Å². The van der Waals surface area contributed by atoms with Crippen LogP contribution in [0.25, 0.3) is 11.1 Å². The van der Waals surface area contributed by atoms with E-state index in [1.165, 1.54) is 0 Å². The number of hydrogen-bond donors (Lipinski definition) is 1. The van der Waals surface area contributed by atoms with E-state index in [0.717, 1.165) is 23.4 Å². The van der Waals surface area contributed by atoms with Crippen molar-refractivity contribution >= 4 is 5.91 Å². The van der Waals surface area contributed by atoms with E-state index in [4.69, 9.17) is 0 Å². The number of aromatic nitrogens is 2. The zero-order chi connectivity index (χ0) is 18.0. The lowest BCUT2D eigenvalue weighted by atomic mass is 10.0. The summed E-state index contributed by atoms with van der Waals surface area (Å²) in [5.74, 6) is 0.0550. The van der Waals surface area contributed by atoms with Crippen LogP contribution in [0.3, 0.4) is 0 Å². The maximum atomic E-state index is 13.0. The van der Waals surface area contributed by atoms with Crippen LogP contribution in [-0.2, 0) is 7.05 Å². The van der Waals surface area contributed by atoms with Crippen LogP contribution in [0.1, 0.15) is 22.5 Å². The Hall–Kier alpha value is -2.18. The van der Waals surface area contributed by atoms with Gasteiger partial charge < -0.3 is 10.0 Å². The lowest BCUT2D eigenvalue weighted by molar-refractivity contribution is 0.0500. The van der Waals surface area contributed by atoms with Crippen molar-refractivity contribution in [2.24, 2.45) is 7.05 Å². The lowest BCUT2D eigenvalue weighted by Gasteiger charge is -2.39. The minimum absolute atomic E-state index is 0.0550. The highest BCUT2D eigenvalue weighted by atomic mass is 16.3. The molecule has 1 amide bonds. The number of rotatable bonds is 4. The Morgan fingerprint density at radius 2 is 2.12 bits per heavy atom. The summed E-state index contributed by atoms with van der Waals surface area (Å²) in [6.07, 6.45) is 2.67. The first kappa shape index (κ1) is 17.6. The third-order valence-electron chi connectivity index (χ3n) is 4.96. The minimum atomic E-state index is 0.0550. The van der Waals surface area contributed by atoms with Gasteiger partial charge in [0.15, 0.2) is 0 Å². The lowest BCUT2D eigenvalue weighted by Crippen LogP contribution is -2.53. The third-order valence-corrected chi connectivity index (χ3v) is 4.96. The smallest absolute Gasteiger partial charge is 0.253 e. The predicted octanol–water partition coefficient (Wildman–Crippen LogP) is 1.53. The van der Waals surface area contributed by atoms with Crippen molar-refractivity contribution in [3.05, 3.63) is 41.7 Å². The van der Waals surface area contributed by atoms with Crippen LogP contribution in [0.2, 0.25) is 0 Å². The SMILES string of the molecule is Cc1nn(C)cc1-c1cccc(C(=O)N2CCN(C)[C@@H](CCO)C2)c1. The number of amides is 1. The van der Waals surface area contributed by atoms with Crippen molar-refractivity contribution in [3.8, 4) is 11.1 Å². The van der Waals surface area contributed by atoms with Gasteiger partial charge in [0.1, 0.15) is 0 Å². The molecule has 0 saturated carbocycles. The fourth-order valence-electron chi connectivity index (χ4n) is 3.48. The molecule has 1 aliphatic rings. The first-order valence-electron chi connectivity index (χ1n) is 8.70. The van der Waals surface area contributed by atoms with E-state index in [-0.39, 0.29) is 18.6 Å². The van der Waals surface area contributed by atoms with E-state index >= 15 is 0 Å². The van der Waals surface area contributed by atoms with Crippen molar-refractivity contribution in [2.45, 2.75) is 19.4 Å². The van der Waals surface area contributed by atoms with Crippen LogP contribution in [0.5, 0.6) is 0 Å². The van der Waals surface area contributed by atoms with E-state index in [1.54, 1.807) is 4.68 Å². The molecule has 2 heterocycles. The van der Waals surface area contributed by atoms with Gasteiger partial charge in [0.2, 0.25) is 0 Å². The molecule has 1 saturated heterocycles. The highest BCUT2D eigenvalue weighted by Gasteiger charge is 2.27. The first-order chi connectivity index (χ1) is 12.0. The minimum Gasteiger partial charge on any atom is -0.396 e. The second-order valence-electron chi connectivity index (χ2n) is 6.78. The molecule has 1 aliphatic heterocycles. The van der Waals surface area contributed by atoms with E-state index in [0.29, 0.717) is 25.1 Å². The average molecular weight is 342 g/mol. The van der Waals surface area contributed by atoms with E-state index < -0.39 is 0 Å². The van der Waals surface area contributed by atoms with E-state index in [1.807, 2.05) is 56.4 Å². The molecule has 25 heavy (non-hydrogen) atoms. The highest BCUT2D eigenvalue weighted by Crippen LogP contribution is 2.24. The van der Waals surface area contributed by atoms with Gasteiger partial charge in [-0.3, -0.25) is 14.4 Å². The van der Waals surface area contributed by atoms with Gasteiger partial charge in [-0.15, -0.1) is 0 Å². The van der Waals surface area contributed by atoms with Gasteiger partial charge in [-0.25, -0.2) is 0 Å². The molecule has 134 valence electrons. The number of aliphatic hydroxyl groups is 1. The Morgan fingerprint density at radius 1 is 1.32 bits per heavy atom. The third kappa shape index (κ3) is 3.75. The summed E-state index contributed by atoms with van der Waals surface area (Å²) in [4.78, 5) is 17.1. The molecule has 1 aromatic heterocycles. The number of aryl methyl sites for hydroxylation is 2. The monoisotopic (exact) mass is 342 g/mol. The van der Waals surface area contributed by atoms with Gasteiger partial charge in [0.05, 0.1) is 5.69 Å². The van der Waals surface area contributed by atoms with Gasteiger partial charge in [0, 0.05) is 56.7 Å². The summed E-state index contributed by atoms with van der Waals surface area (Å²) in [5, 5.41) is 13.6. The number of hydrogen-bond acceptors (Lipinski definition) is 4. The fraction of sp³-hybridized carbons (Fsp3) is 0.474. The molecule has 1 N–H and O–H groups in total. The van der Waals surface area contributed by atoms with Crippen molar-refractivity contribution in [1.29, 1.82) is 0 Å². The number of likely N-dealkylation sites (N-methyl/N-ethyl adjacent to an activating group) is 1. The first-order valence-corrected chi connectivity index (χ1v) is 8.70. The molecule has 2 aromatic rings. The molecule has 0 radical (unpaired) electrons. The maximum absolute atomic E-state index is 13.0. The van der Waals surface area contributed by atoms with Crippen LogP contribution in [0.15, 0.2) is 30.5 Å². The molecule has 1 atom stereocenters. The molecule has 1 aromatic carbocycles. The number of carbonyl (C=O) groups is 1. The second-order valence-corrected chi connectivity index (χ2v) is 6.78. The van der Waals surface area contributed by atoms with E-state index in [2.05, 4.69) is 10.00 Å². The maximum Gasteiger partial charge on any atom is 0.253 e. The van der Waals surface area contributed by atoms with Gasteiger partial charge in [-0.05, 0) is 38.1 Å². The van der Waals surface area contributed by atoms with Gasteiger partial charge in [-0.2, -0.15) is 5.10 Å². The van der Waals surface area contributed by atoms with Crippen molar-refractivity contribution in [1.82, 2.24) is 19.6 Å². The topological polar surface area (TPSA) is 61.6 Å². The number of aliphatic hydroxyl groups excluding tert-OH is 1. The van der Waals surface area contributed by atoms with Gasteiger partial charge in [-0.1, -0.05) is 12.1 Å². The summed E-state index contributed by atoms with van der Waals surface area (Å²) in [5.41, 5.74) is 3.72. The Balaban J connectivity index is 1.81. The number of carbonyl (C=O) groups excluding carboxylic acids is 1. The standard InChI is InChI=1S/C19H26N4O2/c1-14-18(13-22(3)20-14)15-5-4-6-16(11-15)19(25)23-9-8-21(2)17(12-23)7-10-24/h4-6,11,13,17,24H,7-10,12H2,1-3H3/t17-/m0/s1. The largest absolute Gasteiger partial charge is 0.396 e. The quantitative estimate of drug-likeness (QED) is 0.915. The molecular weight excluding hydrogens is 316 g/mol. The van der Waals surface area contributed by atoms with Crippen LogP contribution < -0.4 is 0 Å². The number of nitrogens with zero attached hydrogens (tertiary/aromatic N) is 4. The molecule has 6 nitrogen and oxygen atoms in total. The normalized spacial score (nSPS) is 18.6. The van der Waals surface area contributed by atoms with E-state index in [9.17, 15) is 9.90 Å². The van der Waals surface area contributed by atoms with Crippen LogP contribution >= 0.6 is 0 Å². The summed E-state index contributed by atoms with van der Waals surface area (Å²) in [7, 11) is 3.95. The number of piperazine rings is 1. The van der Waals surface area contributed by atoms with Crippen molar-refractivity contribution in [2.75, 3.05) is 33.3 Å². The summed E-state index contributed by atoms with van der Waals surface area (Å²) < 4.78 is 1.79. The fourth-order valence-corrected chi connectivity index (χ4v) is 3.48. The van der Waals surface area contributed by atoms with Crippen LogP contribution in [0.4, 0.5) is 0 Å². The van der Waals surface area contributed by atoms with Crippen molar-refractivity contribution < 1.29 is 9.90 Å². The molecule has 0 spiro atoms. The molecule has 0 aliphatic carbocycles. The predicted molar refractivity (Wildman–Crippen MR) is 97.4 cm³/mol. The average Bonchev–Trinajstić information content (AvgIpc) is 2.95. The molecule has 0 unspecified atom stereocenters. The molecule has 1 fully saturated rings. The molecule has 6 heteroatoms. The molecular formula is C19H26N4O2. The second kappa shape index (κ2) is 7.37. The zero-order valence-corrected chi connectivity index (χ0v) is 15.1. The zero-order valence-electron chi connectivity index (χ0n) is 15.1. The Kier molecular flexibility index (Phi) is 5.20. The number of benzene rings is 1. The van der Waals surface area contributed by atoms with Gasteiger partial charge >= 0.3 is 0 Å². The highest BCUT2D eigenvalue weighted by molar-refractivity contribution is 5.95. The molecule has 0 bridgehead atoms. The summed E-state index contributed by atoms with van der Waals surface area (Å²) in [6, 6.07) is 7.98. The summed E-state index contributed by atoms with van der Waals surface area (Å²) in [6.45, 7) is 4.33. The Labute approximate surface area is 148 Å².